The van der Waals surface area contributed by atoms with Crippen LogP contribution in [0, 0.1) is 0 Å². The van der Waals surface area contributed by atoms with Gasteiger partial charge in [-0.15, -0.1) is 11.3 Å². The molecule has 0 aliphatic rings. The van der Waals surface area contributed by atoms with Crippen LogP contribution >= 0.6 is 11.3 Å². The fraction of sp³-hybridized carbons (Fsp3) is 0.100. The van der Waals surface area contributed by atoms with Crippen LogP contribution in [0.25, 0.3) is 0 Å². The second-order valence-corrected chi connectivity index (χ2v) is 8.75. The summed E-state index contributed by atoms with van der Waals surface area (Å²) in [7, 11) is -0.720. The molecule has 1 heterocycles. The lowest BCUT2D eigenvalue weighted by molar-refractivity contribution is 0.0956. The number of nitrogens with zero attached hydrogens (tertiary/aromatic N) is 1. The highest BCUT2D eigenvalue weighted by Crippen LogP contribution is 2.24. The summed E-state index contributed by atoms with van der Waals surface area (Å²) in [5.41, 5.74) is 3.32. The monoisotopic (exact) mass is 445 g/mol. The Morgan fingerprint density at radius 3 is 2.57 bits per heavy atom. The van der Waals surface area contributed by atoms with Gasteiger partial charge in [-0.3, -0.25) is 9.52 Å². The molecule has 0 spiro atoms. The maximum Gasteiger partial charge on any atom is 0.273 e. The zero-order valence-corrected chi connectivity index (χ0v) is 17.8. The van der Waals surface area contributed by atoms with E-state index in [9.17, 15) is 13.2 Å². The van der Waals surface area contributed by atoms with E-state index in [1.54, 1.807) is 48.9 Å². The molecular weight excluding hydrogens is 426 g/mol. The van der Waals surface area contributed by atoms with Crippen molar-refractivity contribution in [1.82, 2.24) is 5.43 Å². The van der Waals surface area contributed by atoms with Crippen molar-refractivity contribution in [2.45, 2.75) is 4.21 Å². The van der Waals surface area contributed by atoms with E-state index < -0.39 is 15.9 Å². The maximum atomic E-state index is 12.6. The molecule has 1 amide bonds. The zero-order valence-electron chi connectivity index (χ0n) is 16.2. The highest BCUT2D eigenvalue weighted by molar-refractivity contribution is 7.94. The minimum atomic E-state index is -3.78. The average molecular weight is 446 g/mol. The van der Waals surface area contributed by atoms with Crippen LogP contribution in [0.5, 0.6) is 11.5 Å². The minimum Gasteiger partial charge on any atom is -0.497 e. The number of hydrogen-bond acceptors (Lipinski definition) is 7. The van der Waals surface area contributed by atoms with Gasteiger partial charge in [-0.2, -0.15) is 5.10 Å². The van der Waals surface area contributed by atoms with Gasteiger partial charge in [0, 0.05) is 11.6 Å². The number of carbonyl (C=O) groups excluding carboxylic acids is 1. The lowest BCUT2D eigenvalue weighted by atomic mass is 10.2. The second-order valence-electron chi connectivity index (χ2n) is 5.89. The molecule has 0 fully saturated rings. The van der Waals surface area contributed by atoms with Crippen LogP contribution in [0.15, 0.2) is 69.3 Å². The molecule has 0 saturated carbocycles. The summed E-state index contributed by atoms with van der Waals surface area (Å²) in [5.74, 6) is 0.583. The van der Waals surface area contributed by atoms with Crippen LogP contribution < -0.4 is 19.6 Å². The third kappa shape index (κ3) is 4.97. The molecule has 1 aromatic heterocycles. The van der Waals surface area contributed by atoms with E-state index in [1.807, 2.05) is 0 Å². The predicted octanol–water partition coefficient (Wildman–Crippen LogP) is 3.33. The molecule has 10 heteroatoms. The van der Waals surface area contributed by atoms with Crippen molar-refractivity contribution in [1.29, 1.82) is 0 Å². The molecule has 0 atom stereocenters. The highest BCUT2D eigenvalue weighted by Gasteiger charge is 2.19. The van der Waals surface area contributed by atoms with E-state index in [0.29, 0.717) is 17.1 Å². The first-order valence-corrected chi connectivity index (χ1v) is 11.0. The van der Waals surface area contributed by atoms with Gasteiger partial charge in [-0.1, -0.05) is 18.2 Å². The summed E-state index contributed by atoms with van der Waals surface area (Å²) < 4.78 is 38.0. The largest absolute Gasteiger partial charge is 0.497 e. The summed E-state index contributed by atoms with van der Waals surface area (Å²) in [6.45, 7) is 0. The Morgan fingerprint density at radius 2 is 1.87 bits per heavy atom. The Hall–Kier alpha value is -3.37. The first-order valence-electron chi connectivity index (χ1n) is 8.65. The van der Waals surface area contributed by atoms with Crippen LogP contribution in [-0.4, -0.2) is 34.8 Å². The van der Waals surface area contributed by atoms with Gasteiger partial charge in [-0.05, 0) is 35.7 Å². The number of hydrazone groups is 1. The number of nitrogens with one attached hydrogen (secondary N) is 2. The van der Waals surface area contributed by atoms with Crippen molar-refractivity contribution < 1.29 is 22.7 Å². The van der Waals surface area contributed by atoms with Crippen molar-refractivity contribution in [2.24, 2.45) is 5.10 Å². The molecule has 0 unspecified atom stereocenters. The van der Waals surface area contributed by atoms with E-state index in [0.717, 1.165) is 11.3 Å². The molecule has 0 saturated heterocycles. The van der Waals surface area contributed by atoms with Crippen molar-refractivity contribution in [3.63, 3.8) is 0 Å². The van der Waals surface area contributed by atoms with Crippen molar-refractivity contribution in [3.05, 3.63) is 71.1 Å². The molecule has 0 aliphatic heterocycles. The molecule has 3 rings (SSSR count). The average Bonchev–Trinajstić information content (AvgIpc) is 3.30. The number of rotatable bonds is 8. The van der Waals surface area contributed by atoms with Gasteiger partial charge in [0.05, 0.1) is 31.7 Å². The number of sulfonamides is 1. The quantitative estimate of drug-likeness (QED) is 0.409. The normalized spacial score (nSPS) is 11.3. The molecule has 8 nitrogen and oxygen atoms in total. The SMILES string of the molecule is COc1ccc(C=NNC(=O)c2ccccc2NS(=O)(=O)c2cccs2)c(OC)c1. The van der Waals surface area contributed by atoms with E-state index >= 15 is 0 Å². The number of carbonyl (C=O) groups is 1. The first kappa shape index (κ1) is 21.3. The highest BCUT2D eigenvalue weighted by atomic mass is 32.2. The van der Waals surface area contributed by atoms with Gasteiger partial charge in [0.1, 0.15) is 15.7 Å². The van der Waals surface area contributed by atoms with Gasteiger partial charge in [0.25, 0.3) is 15.9 Å². The predicted molar refractivity (Wildman–Crippen MR) is 116 cm³/mol. The zero-order chi connectivity index (χ0) is 21.6. The summed E-state index contributed by atoms with van der Waals surface area (Å²) in [6, 6.07) is 14.6. The number of ether oxygens (including phenoxy) is 2. The summed E-state index contributed by atoms with van der Waals surface area (Å²) in [6.07, 6.45) is 1.43. The van der Waals surface area contributed by atoms with Gasteiger partial charge in [-0.25, -0.2) is 13.8 Å². The first-order chi connectivity index (χ1) is 14.4. The standard InChI is InChI=1S/C20H19N3O5S2/c1-27-15-10-9-14(18(12-15)28-2)13-21-22-20(24)16-6-3-4-7-17(16)23-30(25,26)19-8-5-11-29-19/h3-13,23H,1-2H3,(H,22,24). The summed E-state index contributed by atoms with van der Waals surface area (Å²) in [5, 5.41) is 5.61. The number of para-hydroxylation sites is 1. The fourth-order valence-electron chi connectivity index (χ4n) is 2.53. The number of thiophene rings is 1. The van der Waals surface area contributed by atoms with Gasteiger partial charge < -0.3 is 9.47 Å². The molecular formula is C20H19N3O5S2. The van der Waals surface area contributed by atoms with E-state index in [4.69, 9.17) is 9.47 Å². The van der Waals surface area contributed by atoms with Crippen LogP contribution in [-0.2, 0) is 10.0 Å². The number of anilines is 1. The molecule has 0 radical (unpaired) electrons. The topological polar surface area (TPSA) is 106 Å². The van der Waals surface area contributed by atoms with E-state index in [1.165, 1.54) is 31.5 Å². The number of amides is 1. The number of methoxy groups -OCH3 is 2. The van der Waals surface area contributed by atoms with Gasteiger partial charge in [0.2, 0.25) is 0 Å². The molecule has 3 aromatic rings. The summed E-state index contributed by atoms with van der Waals surface area (Å²) in [4.78, 5) is 12.6. The minimum absolute atomic E-state index is 0.136. The molecule has 156 valence electrons. The fourth-order valence-corrected chi connectivity index (χ4v) is 4.60. The van der Waals surface area contributed by atoms with Gasteiger partial charge >= 0.3 is 0 Å². The van der Waals surface area contributed by atoms with E-state index in [2.05, 4.69) is 15.2 Å². The third-order valence-electron chi connectivity index (χ3n) is 3.99. The smallest absolute Gasteiger partial charge is 0.273 e. The van der Waals surface area contributed by atoms with Crippen LogP contribution in [0.1, 0.15) is 15.9 Å². The molecule has 0 aliphatic carbocycles. The van der Waals surface area contributed by atoms with Gasteiger partial charge in [0.15, 0.2) is 0 Å². The Bertz CT molecular complexity index is 1160. The number of hydrogen-bond donors (Lipinski definition) is 2. The Kier molecular flexibility index (Phi) is 6.70. The van der Waals surface area contributed by atoms with Crippen LogP contribution in [0.2, 0.25) is 0 Å². The van der Waals surface area contributed by atoms with Crippen LogP contribution in [0.3, 0.4) is 0 Å². The maximum absolute atomic E-state index is 12.6. The lowest BCUT2D eigenvalue weighted by Crippen LogP contribution is -2.21. The van der Waals surface area contributed by atoms with Crippen LogP contribution in [0.4, 0.5) is 5.69 Å². The van der Waals surface area contributed by atoms with Crippen molar-refractivity contribution >= 4 is 39.2 Å². The second kappa shape index (κ2) is 9.42. The number of benzene rings is 2. The Labute approximate surface area is 178 Å². The molecule has 30 heavy (non-hydrogen) atoms. The lowest BCUT2D eigenvalue weighted by Gasteiger charge is -2.10. The van der Waals surface area contributed by atoms with E-state index in [-0.39, 0.29) is 15.5 Å². The summed E-state index contributed by atoms with van der Waals surface area (Å²) >= 11 is 1.09. The Morgan fingerprint density at radius 1 is 1.07 bits per heavy atom. The third-order valence-corrected chi connectivity index (χ3v) is 6.75. The molecule has 2 aromatic carbocycles. The Balaban J connectivity index is 1.76. The molecule has 2 N–H and O–H groups in total. The van der Waals surface area contributed by atoms with Crippen molar-refractivity contribution in [3.8, 4) is 11.5 Å². The molecule has 0 bridgehead atoms. The van der Waals surface area contributed by atoms with Crippen molar-refractivity contribution in [2.75, 3.05) is 18.9 Å².